The highest BCUT2D eigenvalue weighted by atomic mass is 35.5. The Hall–Kier alpha value is -1.11. The van der Waals surface area contributed by atoms with Crippen LogP contribution in [0.2, 0.25) is 5.15 Å². The van der Waals surface area contributed by atoms with Gasteiger partial charge in [-0.05, 0) is 13.8 Å². The molecular formula is C13H22ClN5O. The average Bonchev–Trinajstić information content (AvgIpc) is 2.38. The molecule has 0 unspecified atom stereocenters. The normalized spacial score (nSPS) is 16.8. The number of aromatic nitrogens is 2. The highest BCUT2D eigenvalue weighted by Gasteiger charge is 2.18. The van der Waals surface area contributed by atoms with Crippen molar-refractivity contribution in [3.05, 3.63) is 11.2 Å². The van der Waals surface area contributed by atoms with Gasteiger partial charge < -0.3 is 15.3 Å². The van der Waals surface area contributed by atoms with E-state index in [4.69, 9.17) is 16.7 Å². The number of β-amino-alcohol motifs (C(OH)–C–C–N with tert-alkyl or cyclic N) is 1. The Kier molecular flexibility index (Phi) is 5.39. The maximum atomic E-state index is 8.96. The number of hydrogen-bond acceptors (Lipinski definition) is 6. The minimum absolute atomic E-state index is 0.210. The SMILES string of the molecule is CC(C)Nc1nc(Cl)cc(N2CCN(CCO)CC2)n1. The lowest BCUT2D eigenvalue weighted by Crippen LogP contribution is -2.47. The molecule has 6 nitrogen and oxygen atoms in total. The number of nitrogens with one attached hydrogen (secondary N) is 1. The summed E-state index contributed by atoms with van der Waals surface area (Å²) in [6, 6.07) is 2.07. The zero-order valence-electron chi connectivity index (χ0n) is 12.0. The van der Waals surface area contributed by atoms with Crippen LogP contribution in [0.1, 0.15) is 13.8 Å². The number of nitrogens with zero attached hydrogens (tertiary/aromatic N) is 4. The van der Waals surface area contributed by atoms with E-state index in [9.17, 15) is 0 Å². The van der Waals surface area contributed by atoms with E-state index in [0.717, 1.165) is 38.5 Å². The van der Waals surface area contributed by atoms with Crippen LogP contribution >= 0.6 is 11.6 Å². The predicted molar refractivity (Wildman–Crippen MR) is 81.5 cm³/mol. The molecular weight excluding hydrogens is 278 g/mol. The Labute approximate surface area is 124 Å². The molecule has 1 fully saturated rings. The lowest BCUT2D eigenvalue weighted by atomic mass is 10.3. The van der Waals surface area contributed by atoms with Crippen molar-refractivity contribution < 1.29 is 5.11 Å². The Morgan fingerprint density at radius 1 is 1.30 bits per heavy atom. The predicted octanol–water partition coefficient (Wildman–Crippen LogP) is 1.06. The molecule has 0 aromatic carbocycles. The van der Waals surface area contributed by atoms with Gasteiger partial charge in [0.05, 0.1) is 6.61 Å². The molecule has 1 aliphatic heterocycles. The van der Waals surface area contributed by atoms with Gasteiger partial charge in [0.1, 0.15) is 11.0 Å². The summed E-state index contributed by atoms with van der Waals surface area (Å²) in [7, 11) is 0. The van der Waals surface area contributed by atoms with Gasteiger partial charge in [-0.15, -0.1) is 0 Å². The summed E-state index contributed by atoms with van der Waals surface area (Å²) in [6.45, 7) is 8.64. The van der Waals surface area contributed by atoms with Gasteiger partial charge in [-0.25, -0.2) is 4.98 Å². The summed E-state index contributed by atoms with van der Waals surface area (Å²) < 4.78 is 0. The number of hydrogen-bond donors (Lipinski definition) is 2. The van der Waals surface area contributed by atoms with Crippen molar-refractivity contribution in [3.63, 3.8) is 0 Å². The van der Waals surface area contributed by atoms with Gasteiger partial charge in [0.15, 0.2) is 0 Å². The number of halogens is 1. The molecule has 0 saturated carbocycles. The molecule has 1 aromatic rings. The number of aliphatic hydroxyl groups excluding tert-OH is 1. The highest BCUT2D eigenvalue weighted by molar-refractivity contribution is 6.29. The number of piperazine rings is 1. The van der Waals surface area contributed by atoms with Crippen molar-refractivity contribution in [1.82, 2.24) is 14.9 Å². The molecule has 1 aliphatic rings. The van der Waals surface area contributed by atoms with Crippen LogP contribution in [0.25, 0.3) is 0 Å². The second kappa shape index (κ2) is 7.06. The van der Waals surface area contributed by atoms with Gasteiger partial charge in [0.2, 0.25) is 5.95 Å². The lowest BCUT2D eigenvalue weighted by Gasteiger charge is -2.35. The van der Waals surface area contributed by atoms with Gasteiger partial charge in [-0.3, -0.25) is 4.90 Å². The van der Waals surface area contributed by atoms with Gasteiger partial charge in [-0.1, -0.05) is 11.6 Å². The first-order chi connectivity index (χ1) is 9.58. The summed E-state index contributed by atoms with van der Waals surface area (Å²) in [5.41, 5.74) is 0. The lowest BCUT2D eigenvalue weighted by molar-refractivity contribution is 0.188. The maximum absolute atomic E-state index is 8.96. The molecule has 112 valence electrons. The third kappa shape index (κ3) is 4.19. The Morgan fingerprint density at radius 3 is 2.60 bits per heavy atom. The van der Waals surface area contributed by atoms with E-state index in [1.807, 2.05) is 13.8 Å². The zero-order chi connectivity index (χ0) is 14.5. The fourth-order valence-electron chi connectivity index (χ4n) is 2.23. The van der Waals surface area contributed by atoms with Crippen molar-refractivity contribution in [2.75, 3.05) is 49.5 Å². The molecule has 7 heteroatoms. The molecule has 0 spiro atoms. The van der Waals surface area contributed by atoms with Gasteiger partial charge in [0, 0.05) is 44.8 Å². The third-order valence-electron chi connectivity index (χ3n) is 3.21. The summed E-state index contributed by atoms with van der Waals surface area (Å²) >= 11 is 6.07. The molecule has 0 amide bonds. The largest absolute Gasteiger partial charge is 0.395 e. The van der Waals surface area contributed by atoms with E-state index < -0.39 is 0 Å². The van der Waals surface area contributed by atoms with Crippen molar-refractivity contribution in [3.8, 4) is 0 Å². The van der Waals surface area contributed by atoms with Gasteiger partial charge in [-0.2, -0.15) is 4.98 Å². The molecule has 1 saturated heterocycles. The quantitative estimate of drug-likeness (QED) is 0.793. The van der Waals surface area contributed by atoms with E-state index >= 15 is 0 Å². The van der Waals surface area contributed by atoms with Crippen LogP contribution in [0, 0.1) is 0 Å². The molecule has 0 atom stereocenters. The Balaban J connectivity index is 2.03. The van der Waals surface area contributed by atoms with Crippen LogP contribution in [-0.2, 0) is 0 Å². The van der Waals surface area contributed by atoms with Crippen molar-refractivity contribution in [2.24, 2.45) is 0 Å². The number of rotatable bonds is 5. The molecule has 2 N–H and O–H groups in total. The van der Waals surface area contributed by atoms with Gasteiger partial charge in [0.25, 0.3) is 0 Å². The van der Waals surface area contributed by atoms with Crippen LogP contribution < -0.4 is 10.2 Å². The molecule has 1 aromatic heterocycles. The zero-order valence-corrected chi connectivity index (χ0v) is 12.8. The van der Waals surface area contributed by atoms with E-state index in [1.54, 1.807) is 6.07 Å². The van der Waals surface area contributed by atoms with Crippen LogP contribution in [0.3, 0.4) is 0 Å². The second-order valence-electron chi connectivity index (χ2n) is 5.22. The van der Waals surface area contributed by atoms with Crippen LogP contribution in [0.4, 0.5) is 11.8 Å². The van der Waals surface area contributed by atoms with E-state index in [2.05, 4.69) is 25.1 Å². The Bertz CT molecular complexity index is 435. The topological polar surface area (TPSA) is 64.5 Å². The van der Waals surface area contributed by atoms with Crippen molar-refractivity contribution in [2.45, 2.75) is 19.9 Å². The first-order valence-electron chi connectivity index (χ1n) is 6.98. The highest BCUT2D eigenvalue weighted by Crippen LogP contribution is 2.20. The fraction of sp³-hybridized carbons (Fsp3) is 0.692. The van der Waals surface area contributed by atoms with Crippen molar-refractivity contribution >= 4 is 23.4 Å². The van der Waals surface area contributed by atoms with Crippen LogP contribution in [0.5, 0.6) is 0 Å². The number of aliphatic hydroxyl groups is 1. The molecule has 0 radical (unpaired) electrons. The first-order valence-corrected chi connectivity index (χ1v) is 7.35. The first kappa shape index (κ1) is 15.3. The second-order valence-corrected chi connectivity index (χ2v) is 5.61. The summed E-state index contributed by atoms with van der Waals surface area (Å²) in [5, 5.41) is 12.6. The van der Waals surface area contributed by atoms with Crippen LogP contribution in [-0.4, -0.2) is 65.3 Å². The summed E-state index contributed by atoms with van der Waals surface area (Å²) in [6.07, 6.45) is 0. The molecule has 2 rings (SSSR count). The maximum Gasteiger partial charge on any atom is 0.226 e. The monoisotopic (exact) mass is 299 g/mol. The van der Waals surface area contributed by atoms with Crippen molar-refractivity contribution in [1.29, 1.82) is 0 Å². The fourth-order valence-corrected chi connectivity index (χ4v) is 2.41. The molecule has 0 bridgehead atoms. The Morgan fingerprint density at radius 2 is 2.00 bits per heavy atom. The minimum atomic E-state index is 0.210. The minimum Gasteiger partial charge on any atom is -0.395 e. The molecule has 0 aliphatic carbocycles. The van der Waals surface area contributed by atoms with E-state index in [0.29, 0.717) is 11.1 Å². The molecule has 20 heavy (non-hydrogen) atoms. The summed E-state index contributed by atoms with van der Waals surface area (Å²) in [5.74, 6) is 1.43. The standard InChI is InChI=1S/C13H22ClN5O/c1-10(2)15-13-16-11(14)9-12(17-13)19-5-3-18(4-6-19)7-8-20/h9-10,20H,3-8H2,1-2H3,(H,15,16,17). The smallest absolute Gasteiger partial charge is 0.226 e. The van der Waals surface area contributed by atoms with E-state index in [-0.39, 0.29) is 12.6 Å². The third-order valence-corrected chi connectivity index (χ3v) is 3.41. The number of anilines is 2. The van der Waals surface area contributed by atoms with Gasteiger partial charge >= 0.3 is 0 Å². The average molecular weight is 300 g/mol. The van der Waals surface area contributed by atoms with Crippen LogP contribution in [0.15, 0.2) is 6.07 Å². The summed E-state index contributed by atoms with van der Waals surface area (Å²) in [4.78, 5) is 13.2. The molecule has 2 heterocycles. The van der Waals surface area contributed by atoms with E-state index in [1.165, 1.54) is 0 Å².